The van der Waals surface area contributed by atoms with Gasteiger partial charge in [-0.15, -0.1) is 11.3 Å². The summed E-state index contributed by atoms with van der Waals surface area (Å²) in [7, 11) is 0. The fraction of sp³-hybridized carbons (Fsp3) is 0.167. The van der Waals surface area contributed by atoms with Gasteiger partial charge in [0.25, 0.3) is 0 Å². The minimum Gasteiger partial charge on any atom is -0.351 e. The normalized spacial score (nSPS) is 19.1. The Balaban J connectivity index is 1.62. The summed E-state index contributed by atoms with van der Waals surface area (Å²) in [6.07, 6.45) is 1.49. The maximum Gasteiger partial charge on any atom is 0.231 e. The number of hydrogen-bond acceptors (Lipinski definition) is 5. The summed E-state index contributed by atoms with van der Waals surface area (Å²) in [4.78, 5) is 18.2. The van der Waals surface area contributed by atoms with E-state index in [1.807, 2.05) is 47.8 Å². The number of benzene rings is 1. The number of aromatic nitrogens is 3. The highest BCUT2D eigenvalue weighted by Gasteiger charge is 2.39. The molecule has 2 N–H and O–H groups in total. The zero-order chi connectivity index (χ0) is 17.2. The Morgan fingerprint density at radius 1 is 1.28 bits per heavy atom. The number of fused-ring (bicyclic) bond motifs is 1. The second-order valence-corrected chi connectivity index (χ2v) is 6.80. The molecule has 0 bridgehead atoms. The molecule has 6 nitrogen and oxygen atoms in total. The first-order valence-electron chi connectivity index (χ1n) is 7.94. The molecular weight excluding hydrogens is 334 g/mol. The summed E-state index contributed by atoms with van der Waals surface area (Å²) in [5, 5.41) is 12.4. The van der Waals surface area contributed by atoms with Gasteiger partial charge >= 0.3 is 0 Å². The van der Waals surface area contributed by atoms with Crippen LogP contribution in [-0.2, 0) is 11.3 Å². The average Bonchev–Trinajstić information content (AvgIpc) is 3.31. The van der Waals surface area contributed by atoms with Crippen molar-refractivity contribution < 1.29 is 4.79 Å². The topological polar surface area (TPSA) is 71.8 Å². The van der Waals surface area contributed by atoms with E-state index in [-0.39, 0.29) is 11.9 Å². The third-order valence-electron chi connectivity index (χ3n) is 4.23. The molecule has 1 aliphatic rings. The molecule has 1 amide bonds. The molecular formula is C18H17N5OS. The SMILES string of the molecule is C=C1Nc2ncnn2[C@H](c2cccs2)[C@@H]1C(=O)NCc1ccccc1. The Labute approximate surface area is 149 Å². The van der Waals surface area contributed by atoms with Gasteiger partial charge in [0.1, 0.15) is 18.3 Å². The molecule has 0 saturated carbocycles. The fourth-order valence-corrected chi connectivity index (χ4v) is 3.88. The maximum absolute atomic E-state index is 13.0. The van der Waals surface area contributed by atoms with Gasteiger partial charge in [-0.1, -0.05) is 43.0 Å². The number of hydrogen-bond donors (Lipinski definition) is 2. The predicted molar refractivity (Wildman–Crippen MR) is 97.0 cm³/mol. The molecule has 2 aromatic heterocycles. The van der Waals surface area contributed by atoms with Crippen molar-refractivity contribution in [1.82, 2.24) is 20.1 Å². The van der Waals surface area contributed by atoms with E-state index in [2.05, 4.69) is 27.3 Å². The van der Waals surface area contributed by atoms with Crippen LogP contribution in [0.2, 0.25) is 0 Å². The minimum absolute atomic E-state index is 0.0825. The number of anilines is 1. The van der Waals surface area contributed by atoms with Gasteiger partial charge in [-0.05, 0) is 17.0 Å². The molecule has 0 aliphatic carbocycles. The molecule has 7 heteroatoms. The van der Waals surface area contributed by atoms with E-state index in [1.165, 1.54) is 6.33 Å². The van der Waals surface area contributed by atoms with Crippen LogP contribution >= 0.6 is 11.3 Å². The summed E-state index contributed by atoms with van der Waals surface area (Å²) in [6.45, 7) is 4.54. The summed E-state index contributed by atoms with van der Waals surface area (Å²) >= 11 is 1.60. The van der Waals surface area contributed by atoms with Gasteiger partial charge in [-0.3, -0.25) is 4.79 Å². The number of carbonyl (C=O) groups excluding carboxylic acids is 1. The van der Waals surface area contributed by atoms with Crippen LogP contribution in [0, 0.1) is 5.92 Å². The number of nitrogens with zero attached hydrogens (tertiary/aromatic N) is 3. The van der Waals surface area contributed by atoms with Gasteiger partial charge in [0.2, 0.25) is 11.9 Å². The van der Waals surface area contributed by atoms with E-state index in [4.69, 9.17) is 0 Å². The van der Waals surface area contributed by atoms with E-state index in [9.17, 15) is 4.79 Å². The number of rotatable bonds is 4. The maximum atomic E-state index is 13.0. The molecule has 4 rings (SSSR count). The lowest BCUT2D eigenvalue weighted by Crippen LogP contribution is -2.42. The molecule has 1 aromatic carbocycles. The zero-order valence-corrected chi connectivity index (χ0v) is 14.2. The Bertz CT molecular complexity index is 887. The highest BCUT2D eigenvalue weighted by Crippen LogP contribution is 2.38. The second-order valence-electron chi connectivity index (χ2n) is 5.82. The number of thiophene rings is 1. The lowest BCUT2D eigenvalue weighted by molar-refractivity contribution is -0.125. The van der Waals surface area contributed by atoms with Crippen molar-refractivity contribution in [3.63, 3.8) is 0 Å². The number of amides is 1. The first-order chi connectivity index (χ1) is 12.2. The standard InChI is InChI=1S/C18H17N5OS/c1-12-15(17(24)19-10-13-6-3-2-4-7-13)16(14-8-5-9-25-14)23-18(22-12)20-11-21-23/h2-9,11,15-16H,1,10H2,(H,19,24)(H,20,21,22)/t15-,16-/m1/s1. The molecule has 0 saturated heterocycles. The largest absolute Gasteiger partial charge is 0.351 e. The van der Waals surface area contributed by atoms with Gasteiger partial charge in [0.15, 0.2) is 0 Å². The van der Waals surface area contributed by atoms with Crippen LogP contribution in [0.1, 0.15) is 16.5 Å². The highest BCUT2D eigenvalue weighted by atomic mass is 32.1. The van der Waals surface area contributed by atoms with Gasteiger partial charge in [0, 0.05) is 17.1 Å². The van der Waals surface area contributed by atoms with Gasteiger partial charge in [-0.25, -0.2) is 4.68 Å². The van der Waals surface area contributed by atoms with Gasteiger partial charge in [0.05, 0.1) is 0 Å². The smallest absolute Gasteiger partial charge is 0.231 e. The monoisotopic (exact) mass is 351 g/mol. The van der Waals surface area contributed by atoms with Gasteiger partial charge < -0.3 is 10.6 Å². The van der Waals surface area contributed by atoms with Crippen molar-refractivity contribution in [3.05, 3.63) is 76.9 Å². The van der Waals surface area contributed by atoms with Crippen LogP contribution in [0.25, 0.3) is 0 Å². The van der Waals surface area contributed by atoms with E-state index < -0.39 is 5.92 Å². The molecule has 0 unspecified atom stereocenters. The third-order valence-corrected chi connectivity index (χ3v) is 5.17. The molecule has 0 radical (unpaired) electrons. The Morgan fingerprint density at radius 3 is 2.88 bits per heavy atom. The molecule has 1 aliphatic heterocycles. The highest BCUT2D eigenvalue weighted by molar-refractivity contribution is 7.10. The first kappa shape index (κ1) is 15.6. The molecule has 25 heavy (non-hydrogen) atoms. The quantitative estimate of drug-likeness (QED) is 0.758. The van der Waals surface area contributed by atoms with Crippen LogP contribution in [0.15, 0.2) is 66.4 Å². The van der Waals surface area contributed by atoms with Crippen molar-refractivity contribution in [3.8, 4) is 0 Å². The molecule has 0 fully saturated rings. The zero-order valence-electron chi connectivity index (χ0n) is 13.4. The van der Waals surface area contributed by atoms with Crippen LogP contribution in [0.3, 0.4) is 0 Å². The Kier molecular flexibility index (Phi) is 4.07. The first-order valence-corrected chi connectivity index (χ1v) is 8.82. The van der Waals surface area contributed by atoms with Crippen molar-refractivity contribution in [2.75, 3.05) is 5.32 Å². The molecule has 2 atom stereocenters. The predicted octanol–water partition coefficient (Wildman–Crippen LogP) is 2.80. The number of carbonyl (C=O) groups is 1. The Hall–Kier alpha value is -2.93. The van der Waals surface area contributed by atoms with E-state index in [1.54, 1.807) is 16.0 Å². The van der Waals surface area contributed by atoms with Crippen molar-refractivity contribution in [2.45, 2.75) is 12.6 Å². The molecule has 0 spiro atoms. The lowest BCUT2D eigenvalue weighted by atomic mass is 9.92. The Morgan fingerprint density at radius 2 is 2.12 bits per heavy atom. The fourth-order valence-electron chi connectivity index (χ4n) is 3.04. The van der Waals surface area contributed by atoms with Crippen molar-refractivity contribution in [1.29, 1.82) is 0 Å². The molecule has 3 aromatic rings. The van der Waals surface area contributed by atoms with Gasteiger partial charge in [-0.2, -0.15) is 10.1 Å². The summed E-state index contributed by atoms with van der Waals surface area (Å²) in [5.74, 6) is 0.0629. The van der Waals surface area contributed by atoms with Crippen molar-refractivity contribution in [2.24, 2.45) is 5.92 Å². The van der Waals surface area contributed by atoms with Crippen LogP contribution < -0.4 is 10.6 Å². The molecule has 126 valence electrons. The van der Waals surface area contributed by atoms with Crippen LogP contribution in [-0.4, -0.2) is 20.7 Å². The van der Waals surface area contributed by atoms with Crippen LogP contribution in [0.5, 0.6) is 0 Å². The average molecular weight is 351 g/mol. The lowest BCUT2D eigenvalue weighted by Gasteiger charge is -2.33. The van der Waals surface area contributed by atoms with Crippen LogP contribution in [0.4, 0.5) is 5.95 Å². The summed E-state index contributed by atoms with van der Waals surface area (Å²) in [6, 6.07) is 13.6. The van der Waals surface area contributed by atoms with E-state index in [0.717, 1.165) is 10.4 Å². The second kappa shape index (κ2) is 6.52. The van der Waals surface area contributed by atoms with Crippen molar-refractivity contribution >= 4 is 23.2 Å². The third kappa shape index (κ3) is 2.94. The summed E-state index contributed by atoms with van der Waals surface area (Å²) in [5.41, 5.74) is 1.68. The minimum atomic E-state index is -0.462. The number of nitrogens with one attached hydrogen (secondary N) is 2. The van der Waals surface area contributed by atoms with E-state index >= 15 is 0 Å². The van der Waals surface area contributed by atoms with E-state index in [0.29, 0.717) is 18.2 Å². The summed E-state index contributed by atoms with van der Waals surface area (Å²) < 4.78 is 1.76. The molecule has 3 heterocycles.